The van der Waals surface area contributed by atoms with Crippen molar-refractivity contribution in [2.45, 2.75) is 18.9 Å². The highest BCUT2D eigenvalue weighted by Gasteiger charge is 2.31. The first kappa shape index (κ1) is 19.6. The number of aryl methyl sites for hydroxylation is 1. The molecular weight excluding hydrogens is 367 g/mol. The highest BCUT2D eigenvalue weighted by Crippen LogP contribution is 2.30. The van der Waals surface area contributed by atoms with Gasteiger partial charge >= 0.3 is 0 Å². The Labute approximate surface area is 156 Å². The van der Waals surface area contributed by atoms with Crippen molar-refractivity contribution in [3.05, 3.63) is 40.4 Å². The van der Waals surface area contributed by atoms with Gasteiger partial charge in [0, 0.05) is 32.1 Å². The lowest BCUT2D eigenvalue weighted by Crippen LogP contribution is -2.57. The van der Waals surface area contributed by atoms with Crippen molar-refractivity contribution in [1.29, 1.82) is 0 Å². The first-order chi connectivity index (χ1) is 11.9. The standard InChI is InChI=1S/C17H20Cl2N2O4/c1-2-16(24)20-5-6-21(12(9-20)10-22)17(25)4-3-11-7-13(18)14(19)8-15(11)23/h2,7-8,12,22-23H,1,3-6,9-10H2. The molecule has 0 spiro atoms. The Morgan fingerprint density at radius 2 is 1.96 bits per heavy atom. The quantitative estimate of drug-likeness (QED) is 0.756. The zero-order valence-electron chi connectivity index (χ0n) is 13.6. The number of carbonyl (C=O) groups excluding carboxylic acids is 2. The average Bonchev–Trinajstić information content (AvgIpc) is 2.62. The van der Waals surface area contributed by atoms with Crippen LogP contribution >= 0.6 is 23.2 Å². The Balaban J connectivity index is 2.00. The average molecular weight is 387 g/mol. The first-order valence-corrected chi connectivity index (χ1v) is 8.61. The number of nitrogens with zero attached hydrogens (tertiary/aromatic N) is 2. The smallest absolute Gasteiger partial charge is 0.246 e. The van der Waals surface area contributed by atoms with E-state index in [9.17, 15) is 19.8 Å². The summed E-state index contributed by atoms with van der Waals surface area (Å²) in [5.41, 5.74) is 0.531. The molecule has 1 saturated heterocycles. The fourth-order valence-corrected chi connectivity index (χ4v) is 3.18. The molecule has 2 amide bonds. The van der Waals surface area contributed by atoms with E-state index < -0.39 is 6.04 Å². The summed E-state index contributed by atoms with van der Waals surface area (Å²) < 4.78 is 0. The van der Waals surface area contributed by atoms with E-state index in [-0.39, 0.29) is 42.2 Å². The summed E-state index contributed by atoms with van der Waals surface area (Å²) in [5, 5.41) is 20.0. The number of carbonyl (C=O) groups is 2. The van der Waals surface area contributed by atoms with Gasteiger partial charge in [0.05, 0.1) is 22.7 Å². The summed E-state index contributed by atoms with van der Waals surface area (Å²) in [6.45, 7) is 4.22. The Morgan fingerprint density at radius 3 is 2.60 bits per heavy atom. The van der Waals surface area contributed by atoms with E-state index in [4.69, 9.17) is 23.2 Å². The number of halogens is 2. The molecule has 0 saturated carbocycles. The second-order valence-corrected chi connectivity index (χ2v) is 6.62. The van der Waals surface area contributed by atoms with Crippen molar-refractivity contribution >= 4 is 35.0 Å². The number of benzene rings is 1. The molecule has 8 heteroatoms. The highest BCUT2D eigenvalue weighted by molar-refractivity contribution is 6.42. The van der Waals surface area contributed by atoms with Crippen LogP contribution in [0.15, 0.2) is 24.8 Å². The molecule has 2 N–H and O–H groups in total. The number of hydrogen-bond donors (Lipinski definition) is 2. The van der Waals surface area contributed by atoms with E-state index in [0.717, 1.165) is 0 Å². The van der Waals surface area contributed by atoms with Crippen LogP contribution in [-0.2, 0) is 16.0 Å². The molecule has 1 aromatic carbocycles. The third kappa shape index (κ3) is 4.66. The van der Waals surface area contributed by atoms with Gasteiger partial charge in [-0.15, -0.1) is 0 Å². The predicted octanol–water partition coefficient (Wildman–Crippen LogP) is 1.85. The molecule has 0 aliphatic carbocycles. The minimum absolute atomic E-state index is 0.0118. The Kier molecular flexibility index (Phi) is 6.70. The van der Waals surface area contributed by atoms with Gasteiger partial charge in [-0.1, -0.05) is 29.8 Å². The molecule has 1 aliphatic rings. The van der Waals surface area contributed by atoms with Crippen LogP contribution in [0.2, 0.25) is 10.0 Å². The summed E-state index contributed by atoms with van der Waals surface area (Å²) in [6.07, 6.45) is 1.67. The van der Waals surface area contributed by atoms with Crippen molar-refractivity contribution in [2.75, 3.05) is 26.2 Å². The maximum atomic E-state index is 12.5. The molecule has 0 bridgehead atoms. The van der Waals surface area contributed by atoms with Crippen molar-refractivity contribution in [3.63, 3.8) is 0 Å². The number of aromatic hydroxyl groups is 1. The van der Waals surface area contributed by atoms with Crippen molar-refractivity contribution < 1.29 is 19.8 Å². The van der Waals surface area contributed by atoms with Gasteiger partial charge in [-0.3, -0.25) is 9.59 Å². The normalized spacial score (nSPS) is 17.5. The van der Waals surface area contributed by atoms with Gasteiger partial charge in [0.2, 0.25) is 11.8 Å². The Hall–Kier alpha value is -1.76. The fraction of sp³-hybridized carbons (Fsp3) is 0.412. The van der Waals surface area contributed by atoms with Gasteiger partial charge in [-0.05, 0) is 24.1 Å². The molecule has 0 radical (unpaired) electrons. The number of phenolic OH excluding ortho intramolecular Hbond substituents is 1. The Bertz CT molecular complexity index is 681. The summed E-state index contributed by atoms with van der Waals surface area (Å²) in [6, 6.07) is 2.43. The van der Waals surface area contributed by atoms with Crippen LogP contribution in [0.25, 0.3) is 0 Å². The van der Waals surface area contributed by atoms with Crippen LogP contribution in [0.1, 0.15) is 12.0 Å². The Morgan fingerprint density at radius 1 is 1.28 bits per heavy atom. The SMILES string of the molecule is C=CC(=O)N1CCN(C(=O)CCc2cc(Cl)c(Cl)cc2O)C(CO)C1. The molecular formula is C17H20Cl2N2O4. The van der Waals surface area contributed by atoms with E-state index in [1.807, 2.05) is 0 Å². The molecule has 0 aromatic heterocycles. The topological polar surface area (TPSA) is 81.1 Å². The van der Waals surface area contributed by atoms with Crippen LogP contribution in [0.5, 0.6) is 5.75 Å². The largest absolute Gasteiger partial charge is 0.508 e. The molecule has 1 aliphatic heterocycles. The predicted molar refractivity (Wildman–Crippen MR) is 95.8 cm³/mol. The van der Waals surface area contributed by atoms with E-state index in [0.29, 0.717) is 30.1 Å². The number of rotatable bonds is 5. The third-order valence-corrected chi connectivity index (χ3v) is 4.95. The lowest BCUT2D eigenvalue weighted by atomic mass is 10.1. The second kappa shape index (κ2) is 8.56. The monoisotopic (exact) mass is 386 g/mol. The maximum absolute atomic E-state index is 12.5. The molecule has 1 fully saturated rings. The van der Waals surface area contributed by atoms with E-state index >= 15 is 0 Å². The number of phenols is 1. The van der Waals surface area contributed by atoms with Gasteiger partial charge in [0.15, 0.2) is 0 Å². The number of hydrogen-bond acceptors (Lipinski definition) is 4. The highest BCUT2D eigenvalue weighted by atomic mass is 35.5. The maximum Gasteiger partial charge on any atom is 0.246 e. The third-order valence-electron chi connectivity index (χ3n) is 4.23. The summed E-state index contributed by atoms with van der Waals surface area (Å²) in [7, 11) is 0. The number of piperazine rings is 1. The van der Waals surface area contributed by atoms with E-state index in [2.05, 4.69) is 6.58 Å². The van der Waals surface area contributed by atoms with Crippen LogP contribution < -0.4 is 0 Å². The molecule has 1 heterocycles. The van der Waals surface area contributed by atoms with Crippen LogP contribution in [0.4, 0.5) is 0 Å². The zero-order chi connectivity index (χ0) is 18.6. The summed E-state index contributed by atoms with van der Waals surface area (Å²) in [4.78, 5) is 27.3. The number of aliphatic hydroxyl groups is 1. The van der Waals surface area contributed by atoms with Gasteiger partial charge in [-0.2, -0.15) is 0 Å². The van der Waals surface area contributed by atoms with Crippen LogP contribution in [-0.4, -0.2) is 64.1 Å². The molecule has 2 rings (SSSR count). The summed E-state index contributed by atoms with van der Waals surface area (Å²) >= 11 is 11.8. The van der Waals surface area contributed by atoms with Crippen molar-refractivity contribution in [3.8, 4) is 5.75 Å². The molecule has 6 nitrogen and oxygen atoms in total. The molecule has 1 unspecified atom stereocenters. The first-order valence-electron chi connectivity index (χ1n) is 7.86. The molecule has 25 heavy (non-hydrogen) atoms. The lowest BCUT2D eigenvalue weighted by molar-refractivity contribution is -0.142. The fourth-order valence-electron chi connectivity index (χ4n) is 2.83. The van der Waals surface area contributed by atoms with Gasteiger partial charge in [-0.25, -0.2) is 0 Å². The molecule has 1 atom stereocenters. The lowest BCUT2D eigenvalue weighted by Gasteiger charge is -2.40. The van der Waals surface area contributed by atoms with Crippen molar-refractivity contribution in [1.82, 2.24) is 9.80 Å². The minimum Gasteiger partial charge on any atom is -0.508 e. The number of aliphatic hydroxyl groups excluding tert-OH is 1. The van der Waals surface area contributed by atoms with Gasteiger partial charge < -0.3 is 20.0 Å². The van der Waals surface area contributed by atoms with Crippen LogP contribution in [0, 0.1) is 0 Å². The van der Waals surface area contributed by atoms with E-state index in [1.165, 1.54) is 18.2 Å². The second-order valence-electron chi connectivity index (χ2n) is 5.81. The number of amides is 2. The zero-order valence-corrected chi connectivity index (χ0v) is 15.1. The minimum atomic E-state index is -0.451. The van der Waals surface area contributed by atoms with E-state index in [1.54, 1.807) is 9.80 Å². The van der Waals surface area contributed by atoms with Crippen LogP contribution in [0.3, 0.4) is 0 Å². The van der Waals surface area contributed by atoms with Gasteiger partial charge in [0.25, 0.3) is 0 Å². The van der Waals surface area contributed by atoms with Crippen molar-refractivity contribution in [2.24, 2.45) is 0 Å². The summed E-state index contributed by atoms with van der Waals surface area (Å²) in [5.74, 6) is -0.385. The molecule has 136 valence electrons. The van der Waals surface area contributed by atoms with Gasteiger partial charge in [0.1, 0.15) is 5.75 Å². The molecule has 1 aromatic rings.